The van der Waals surface area contributed by atoms with Gasteiger partial charge in [-0.3, -0.25) is 4.79 Å². The van der Waals surface area contributed by atoms with Gasteiger partial charge in [0.2, 0.25) is 0 Å². The molecule has 0 bridgehead atoms. The van der Waals surface area contributed by atoms with Gasteiger partial charge in [0.25, 0.3) is 5.91 Å². The number of phenolic OH excluding ortho intramolecular Hbond substituents is 1. The van der Waals surface area contributed by atoms with E-state index in [0.29, 0.717) is 24.5 Å². The number of nitrogens with one attached hydrogen (secondary N) is 2. The maximum absolute atomic E-state index is 12.7. The molecule has 2 heterocycles. The van der Waals surface area contributed by atoms with Gasteiger partial charge in [0.05, 0.1) is 11.7 Å². The quantitative estimate of drug-likeness (QED) is 0.761. The highest BCUT2D eigenvalue weighted by Crippen LogP contribution is 2.30. The monoisotopic (exact) mass is 367 g/mol. The summed E-state index contributed by atoms with van der Waals surface area (Å²) >= 11 is 0. The second-order valence-corrected chi connectivity index (χ2v) is 6.89. The Morgan fingerprint density at radius 3 is 2.96 bits per heavy atom. The Morgan fingerprint density at radius 1 is 1.26 bits per heavy atom. The Hall–Kier alpha value is -3.22. The first-order valence-corrected chi connectivity index (χ1v) is 8.92. The first-order valence-electron chi connectivity index (χ1n) is 8.92. The lowest BCUT2D eigenvalue weighted by Crippen LogP contribution is -2.43. The van der Waals surface area contributed by atoms with E-state index >= 15 is 0 Å². The highest BCUT2D eigenvalue weighted by Gasteiger charge is 2.23. The number of phenols is 1. The molecule has 2 aliphatic rings. The normalized spacial score (nSPS) is 16.5. The number of anilines is 1. The number of urea groups is 1. The van der Waals surface area contributed by atoms with Crippen molar-refractivity contribution in [1.29, 1.82) is 0 Å². The third-order valence-electron chi connectivity index (χ3n) is 4.97. The Balaban J connectivity index is 1.44. The summed E-state index contributed by atoms with van der Waals surface area (Å²) in [6.45, 7) is 3.01. The van der Waals surface area contributed by atoms with Gasteiger partial charge in [-0.25, -0.2) is 4.79 Å². The third-order valence-corrected chi connectivity index (χ3v) is 4.97. The molecule has 0 aromatic heterocycles. The summed E-state index contributed by atoms with van der Waals surface area (Å²) in [5.41, 5.74) is 3.63. The number of nitrogens with zero attached hydrogens (tertiary/aromatic N) is 1. The fraction of sp³-hybridized carbons (Fsp3) is 0.300. The number of rotatable bonds is 2. The Morgan fingerprint density at radius 2 is 2.11 bits per heavy atom. The van der Waals surface area contributed by atoms with Crippen LogP contribution in [0.5, 0.6) is 11.5 Å². The number of amides is 3. The van der Waals surface area contributed by atoms with E-state index in [1.54, 1.807) is 23.1 Å². The van der Waals surface area contributed by atoms with Crippen LogP contribution in [0.4, 0.5) is 10.5 Å². The van der Waals surface area contributed by atoms with Crippen molar-refractivity contribution in [2.45, 2.75) is 25.9 Å². The molecule has 7 nitrogen and oxygen atoms in total. The lowest BCUT2D eigenvalue weighted by molar-refractivity contribution is -0.118. The van der Waals surface area contributed by atoms with Crippen LogP contribution in [0.15, 0.2) is 36.4 Å². The molecular formula is C20H21N3O4. The second-order valence-electron chi connectivity index (χ2n) is 6.89. The maximum Gasteiger partial charge on any atom is 0.318 e. The zero-order chi connectivity index (χ0) is 19.0. The van der Waals surface area contributed by atoms with Gasteiger partial charge < -0.3 is 25.4 Å². The number of benzene rings is 2. The van der Waals surface area contributed by atoms with Gasteiger partial charge >= 0.3 is 6.03 Å². The molecule has 2 aromatic carbocycles. The Labute approximate surface area is 156 Å². The highest BCUT2D eigenvalue weighted by molar-refractivity contribution is 5.95. The molecule has 140 valence electrons. The molecule has 0 aliphatic carbocycles. The smallest absolute Gasteiger partial charge is 0.318 e. The molecule has 0 saturated heterocycles. The molecule has 3 N–H and O–H groups in total. The second kappa shape index (κ2) is 6.83. The standard InChI is InChI=1S/C20H21N3O4/c1-12(14-3-5-18-17(9-14)22-19(25)11-27-18)21-20(26)23-7-6-13-2-4-16(24)8-15(13)10-23/h2-5,8-9,12,24H,6-7,10-11H2,1H3,(H,21,26)(H,22,25)/t12-/m1/s1. The molecule has 1 atom stereocenters. The van der Waals surface area contributed by atoms with E-state index in [0.717, 1.165) is 23.1 Å². The van der Waals surface area contributed by atoms with Crippen LogP contribution >= 0.6 is 0 Å². The molecule has 0 saturated carbocycles. The van der Waals surface area contributed by atoms with Gasteiger partial charge in [-0.15, -0.1) is 0 Å². The minimum Gasteiger partial charge on any atom is -0.508 e. The minimum absolute atomic E-state index is 0.0185. The van der Waals surface area contributed by atoms with Gasteiger partial charge in [-0.1, -0.05) is 12.1 Å². The lowest BCUT2D eigenvalue weighted by atomic mass is 9.99. The van der Waals surface area contributed by atoms with Gasteiger partial charge in [-0.05, 0) is 54.3 Å². The van der Waals surface area contributed by atoms with Crippen molar-refractivity contribution in [2.75, 3.05) is 18.5 Å². The van der Waals surface area contributed by atoms with Crippen LogP contribution < -0.4 is 15.4 Å². The van der Waals surface area contributed by atoms with Crippen molar-refractivity contribution in [3.63, 3.8) is 0 Å². The van der Waals surface area contributed by atoms with E-state index in [1.807, 2.05) is 25.1 Å². The third kappa shape index (κ3) is 3.53. The Bertz CT molecular complexity index is 912. The number of fused-ring (bicyclic) bond motifs is 2. The molecule has 0 fully saturated rings. The average molecular weight is 367 g/mol. The summed E-state index contributed by atoms with van der Waals surface area (Å²) in [5, 5.41) is 15.4. The summed E-state index contributed by atoms with van der Waals surface area (Å²) in [6, 6.07) is 10.4. The number of hydrogen-bond acceptors (Lipinski definition) is 4. The van der Waals surface area contributed by atoms with Gasteiger partial charge in [-0.2, -0.15) is 0 Å². The zero-order valence-electron chi connectivity index (χ0n) is 15.0. The predicted molar refractivity (Wildman–Crippen MR) is 99.7 cm³/mol. The van der Waals surface area contributed by atoms with Crippen molar-refractivity contribution in [2.24, 2.45) is 0 Å². The number of aromatic hydroxyl groups is 1. The van der Waals surface area contributed by atoms with Crippen molar-refractivity contribution in [1.82, 2.24) is 10.2 Å². The van der Waals surface area contributed by atoms with E-state index in [-0.39, 0.29) is 30.3 Å². The molecule has 2 aromatic rings. The molecular weight excluding hydrogens is 346 g/mol. The molecule has 0 spiro atoms. The zero-order valence-corrected chi connectivity index (χ0v) is 15.0. The van der Waals surface area contributed by atoms with Gasteiger partial charge in [0, 0.05) is 13.1 Å². The van der Waals surface area contributed by atoms with E-state index in [1.165, 1.54) is 0 Å². The molecule has 3 amide bonds. The summed E-state index contributed by atoms with van der Waals surface area (Å²) in [5.74, 6) is 0.651. The Kier molecular flexibility index (Phi) is 4.35. The van der Waals surface area contributed by atoms with Crippen LogP contribution in [0.2, 0.25) is 0 Å². The van der Waals surface area contributed by atoms with Gasteiger partial charge in [0.15, 0.2) is 6.61 Å². The molecule has 4 rings (SSSR count). The lowest BCUT2D eigenvalue weighted by Gasteiger charge is -2.30. The number of ether oxygens (including phenoxy) is 1. The van der Waals surface area contributed by atoms with Crippen molar-refractivity contribution in [3.8, 4) is 11.5 Å². The van der Waals surface area contributed by atoms with E-state index in [4.69, 9.17) is 4.74 Å². The van der Waals surface area contributed by atoms with Crippen LogP contribution in [0, 0.1) is 0 Å². The average Bonchev–Trinajstić information content (AvgIpc) is 2.66. The number of hydrogen-bond donors (Lipinski definition) is 3. The number of carbonyl (C=O) groups is 2. The summed E-state index contributed by atoms with van der Waals surface area (Å²) in [6.07, 6.45) is 0.764. The molecule has 7 heteroatoms. The van der Waals surface area contributed by atoms with Crippen molar-refractivity contribution >= 4 is 17.6 Å². The first kappa shape index (κ1) is 17.2. The van der Waals surface area contributed by atoms with E-state index < -0.39 is 0 Å². The molecule has 0 radical (unpaired) electrons. The maximum atomic E-state index is 12.7. The van der Waals surface area contributed by atoms with Crippen LogP contribution in [0.1, 0.15) is 29.7 Å². The molecule has 2 aliphatic heterocycles. The summed E-state index contributed by atoms with van der Waals surface area (Å²) in [4.78, 5) is 25.9. The van der Waals surface area contributed by atoms with Crippen molar-refractivity contribution < 1.29 is 19.4 Å². The largest absolute Gasteiger partial charge is 0.508 e. The van der Waals surface area contributed by atoms with Crippen LogP contribution in [0.25, 0.3) is 0 Å². The molecule has 0 unspecified atom stereocenters. The van der Waals surface area contributed by atoms with Crippen molar-refractivity contribution in [3.05, 3.63) is 53.1 Å². The predicted octanol–water partition coefficient (Wildman–Crippen LogP) is 2.55. The van der Waals surface area contributed by atoms with Gasteiger partial charge in [0.1, 0.15) is 11.5 Å². The van der Waals surface area contributed by atoms with Crippen LogP contribution in [0.3, 0.4) is 0 Å². The first-order chi connectivity index (χ1) is 13.0. The summed E-state index contributed by atoms with van der Waals surface area (Å²) < 4.78 is 5.36. The fourth-order valence-corrected chi connectivity index (χ4v) is 3.45. The van der Waals surface area contributed by atoms with E-state index in [2.05, 4.69) is 10.6 Å². The van der Waals surface area contributed by atoms with E-state index in [9.17, 15) is 14.7 Å². The van der Waals surface area contributed by atoms with Crippen LogP contribution in [-0.4, -0.2) is 35.1 Å². The topological polar surface area (TPSA) is 90.9 Å². The fourth-order valence-electron chi connectivity index (χ4n) is 3.45. The SMILES string of the molecule is C[C@@H](NC(=O)N1CCc2ccc(O)cc2C1)c1ccc2c(c1)NC(=O)CO2. The molecule has 27 heavy (non-hydrogen) atoms. The highest BCUT2D eigenvalue weighted by atomic mass is 16.5. The van der Waals surface area contributed by atoms with Crippen LogP contribution in [-0.2, 0) is 17.8 Å². The number of carbonyl (C=O) groups excluding carboxylic acids is 2. The summed E-state index contributed by atoms with van der Waals surface area (Å²) in [7, 11) is 0. The minimum atomic E-state index is -0.229.